The number of hydrogen-bond acceptors (Lipinski definition) is 6. The third-order valence-corrected chi connectivity index (χ3v) is 6.65. The Morgan fingerprint density at radius 1 is 1.10 bits per heavy atom. The molecule has 0 atom stereocenters. The monoisotopic (exact) mass is 439 g/mol. The van der Waals surface area contributed by atoms with E-state index in [0.717, 1.165) is 28.6 Å². The topological polar surface area (TPSA) is 85.5 Å². The Kier molecular flexibility index (Phi) is 5.02. The zero-order chi connectivity index (χ0) is 21.5. The quantitative estimate of drug-likeness (QED) is 0.605. The maximum absolute atomic E-state index is 12.7. The fraction of sp³-hybridized carbons (Fsp3) is 0.263. The third-order valence-electron chi connectivity index (χ3n) is 4.81. The first-order chi connectivity index (χ1) is 14.2. The Morgan fingerprint density at radius 3 is 2.40 bits per heavy atom. The second-order valence-corrected chi connectivity index (χ2v) is 8.64. The van der Waals surface area contributed by atoms with Crippen LogP contribution in [0.5, 0.6) is 5.75 Å². The van der Waals surface area contributed by atoms with Crippen LogP contribution in [0.4, 0.5) is 13.2 Å². The lowest BCUT2D eigenvalue weighted by Crippen LogP contribution is -2.48. The van der Waals surface area contributed by atoms with Gasteiger partial charge in [-0.2, -0.15) is 22.5 Å². The van der Waals surface area contributed by atoms with Gasteiger partial charge in [0.25, 0.3) is 0 Å². The van der Waals surface area contributed by atoms with Crippen molar-refractivity contribution in [3.8, 4) is 17.1 Å². The molecule has 1 saturated heterocycles. The molecule has 3 aromatic rings. The molecule has 7 nitrogen and oxygen atoms in total. The third kappa shape index (κ3) is 3.65. The van der Waals surface area contributed by atoms with E-state index >= 15 is 0 Å². The highest BCUT2D eigenvalue weighted by Gasteiger charge is 2.41. The Labute approximate surface area is 170 Å². The number of sulfonamides is 1. The van der Waals surface area contributed by atoms with Crippen molar-refractivity contribution in [2.75, 3.05) is 20.2 Å². The Hall–Kier alpha value is -2.92. The zero-order valence-corrected chi connectivity index (χ0v) is 16.4. The van der Waals surface area contributed by atoms with Gasteiger partial charge in [0, 0.05) is 13.1 Å². The number of benzene rings is 2. The summed E-state index contributed by atoms with van der Waals surface area (Å²) in [5, 5.41) is 3.94. The Balaban J connectivity index is 1.47. The largest absolute Gasteiger partial charge is 0.496 e. The minimum Gasteiger partial charge on any atom is -0.496 e. The summed E-state index contributed by atoms with van der Waals surface area (Å²) in [5.41, 5.74) is -0.263. The summed E-state index contributed by atoms with van der Waals surface area (Å²) in [4.78, 5) is 4.13. The maximum atomic E-state index is 12.7. The molecule has 0 bridgehead atoms. The highest BCUT2D eigenvalue weighted by Crippen LogP contribution is 2.35. The van der Waals surface area contributed by atoms with Crippen LogP contribution in [0.15, 0.2) is 57.9 Å². The van der Waals surface area contributed by atoms with Gasteiger partial charge in [-0.25, -0.2) is 8.42 Å². The van der Waals surface area contributed by atoms with Crippen molar-refractivity contribution in [3.05, 3.63) is 60.0 Å². The van der Waals surface area contributed by atoms with Crippen molar-refractivity contribution in [2.24, 2.45) is 0 Å². The van der Waals surface area contributed by atoms with Gasteiger partial charge < -0.3 is 9.26 Å². The summed E-state index contributed by atoms with van der Waals surface area (Å²) in [6.07, 6.45) is -4.53. The van der Waals surface area contributed by atoms with Gasteiger partial charge in [0.2, 0.25) is 21.7 Å². The van der Waals surface area contributed by atoms with E-state index in [1.807, 2.05) is 0 Å². The summed E-state index contributed by atoms with van der Waals surface area (Å²) in [6, 6.07) is 10.6. The number of hydrogen-bond donors (Lipinski definition) is 0. The van der Waals surface area contributed by atoms with Crippen LogP contribution in [-0.2, 0) is 16.2 Å². The molecule has 4 rings (SSSR count). The van der Waals surface area contributed by atoms with Crippen LogP contribution in [0.2, 0.25) is 0 Å². The smallest absolute Gasteiger partial charge is 0.416 e. The number of halogens is 3. The van der Waals surface area contributed by atoms with Gasteiger partial charge in [-0.05, 0) is 36.4 Å². The molecule has 0 saturated carbocycles. The zero-order valence-electron chi connectivity index (χ0n) is 15.6. The minimum atomic E-state index is -4.53. The van der Waals surface area contributed by atoms with E-state index in [1.54, 1.807) is 24.3 Å². The number of para-hydroxylation sites is 1. The van der Waals surface area contributed by atoms with E-state index in [9.17, 15) is 21.6 Å². The first kappa shape index (κ1) is 20.4. The maximum Gasteiger partial charge on any atom is 0.416 e. The lowest BCUT2D eigenvalue weighted by Gasteiger charge is -2.35. The van der Waals surface area contributed by atoms with Crippen molar-refractivity contribution < 1.29 is 30.8 Å². The molecule has 30 heavy (non-hydrogen) atoms. The Morgan fingerprint density at radius 2 is 1.77 bits per heavy atom. The van der Waals surface area contributed by atoms with Gasteiger partial charge in [-0.15, -0.1) is 0 Å². The van der Waals surface area contributed by atoms with E-state index in [1.165, 1.54) is 7.11 Å². The summed E-state index contributed by atoms with van der Waals surface area (Å²) in [6.45, 7) is 0.188. The molecular weight excluding hydrogens is 423 g/mol. The number of rotatable bonds is 5. The van der Waals surface area contributed by atoms with Gasteiger partial charge in [-0.3, -0.25) is 0 Å². The molecule has 0 amide bonds. The molecule has 1 aliphatic heterocycles. The SMILES string of the molecule is COc1ccccc1-c1noc(C2CN(S(=O)(=O)c3ccc(C(F)(F)F)cc3)C2)n1. The van der Waals surface area contributed by atoms with Crippen LogP contribution in [0.3, 0.4) is 0 Å². The Bertz CT molecular complexity index is 1150. The summed E-state index contributed by atoms with van der Waals surface area (Å²) in [5.74, 6) is 0.886. The first-order valence-electron chi connectivity index (χ1n) is 8.84. The molecule has 2 aromatic carbocycles. The van der Waals surface area contributed by atoms with E-state index in [4.69, 9.17) is 9.26 Å². The van der Waals surface area contributed by atoms with E-state index in [0.29, 0.717) is 17.1 Å². The average molecular weight is 439 g/mol. The summed E-state index contributed by atoms with van der Waals surface area (Å²) < 4.78 is 75.0. The van der Waals surface area contributed by atoms with Crippen molar-refractivity contribution in [1.82, 2.24) is 14.4 Å². The van der Waals surface area contributed by atoms with Crippen molar-refractivity contribution in [3.63, 3.8) is 0 Å². The normalized spacial score (nSPS) is 15.7. The molecule has 0 spiro atoms. The fourth-order valence-corrected chi connectivity index (χ4v) is 4.63. The number of aromatic nitrogens is 2. The number of methoxy groups -OCH3 is 1. The first-order valence-corrected chi connectivity index (χ1v) is 10.3. The van der Waals surface area contributed by atoms with Crippen LogP contribution in [0.25, 0.3) is 11.4 Å². The molecule has 11 heteroatoms. The predicted molar refractivity (Wildman–Crippen MR) is 99.2 cm³/mol. The lowest BCUT2D eigenvalue weighted by molar-refractivity contribution is -0.137. The lowest BCUT2D eigenvalue weighted by atomic mass is 10.0. The van der Waals surface area contributed by atoms with Gasteiger partial charge in [0.15, 0.2) is 0 Å². The number of ether oxygens (including phenoxy) is 1. The molecular formula is C19H16F3N3O4S. The van der Waals surface area contributed by atoms with Crippen LogP contribution in [-0.4, -0.2) is 43.1 Å². The molecule has 158 valence electrons. The van der Waals surface area contributed by atoms with Gasteiger partial charge in [0.05, 0.1) is 29.1 Å². The van der Waals surface area contributed by atoms with Crippen LogP contribution < -0.4 is 4.74 Å². The summed E-state index contributed by atoms with van der Waals surface area (Å²) in [7, 11) is -2.38. The molecule has 0 N–H and O–H groups in total. The highest BCUT2D eigenvalue weighted by atomic mass is 32.2. The molecule has 0 aliphatic carbocycles. The van der Waals surface area contributed by atoms with Crippen LogP contribution in [0.1, 0.15) is 17.4 Å². The van der Waals surface area contributed by atoms with Gasteiger partial charge in [-0.1, -0.05) is 17.3 Å². The molecule has 1 aromatic heterocycles. The standard InChI is InChI=1S/C19H16F3N3O4S/c1-28-16-5-3-2-4-15(16)17-23-18(29-24-17)12-10-25(11-12)30(26,27)14-8-6-13(7-9-14)19(20,21)22/h2-9,12H,10-11H2,1H3. The second kappa shape index (κ2) is 7.40. The molecule has 0 unspecified atom stereocenters. The van der Waals surface area contributed by atoms with E-state index < -0.39 is 21.8 Å². The highest BCUT2D eigenvalue weighted by molar-refractivity contribution is 7.89. The predicted octanol–water partition coefficient (Wildman–Crippen LogP) is 3.55. The van der Waals surface area contributed by atoms with Crippen molar-refractivity contribution in [1.29, 1.82) is 0 Å². The second-order valence-electron chi connectivity index (χ2n) is 6.70. The van der Waals surface area contributed by atoms with Gasteiger partial charge >= 0.3 is 6.18 Å². The molecule has 2 heterocycles. The van der Waals surface area contributed by atoms with Crippen molar-refractivity contribution >= 4 is 10.0 Å². The molecule has 1 fully saturated rings. The van der Waals surface area contributed by atoms with Gasteiger partial charge in [0.1, 0.15) is 5.75 Å². The van der Waals surface area contributed by atoms with E-state index in [2.05, 4.69) is 10.1 Å². The minimum absolute atomic E-state index is 0.0942. The summed E-state index contributed by atoms with van der Waals surface area (Å²) >= 11 is 0. The fourth-order valence-electron chi connectivity index (χ4n) is 3.10. The van der Waals surface area contributed by atoms with Crippen LogP contribution >= 0.6 is 0 Å². The average Bonchev–Trinajstić information content (AvgIpc) is 3.15. The number of nitrogens with zero attached hydrogens (tertiary/aromatic N) is 3. The van der Waals surface area contributed by atoms with E-state index in [-0.39, 0.29) is 29.8 Å². The van der Waals surface area contributed by atoms with Crippen molar-refractivity contribution in [2.45, 2.75) is 17.0 Å². The molecule has 1 aliphatic rings. The number of alkyl halides is 3. The van der Waals surface area contributed by atoms with Crippen LogP contribution in [0, 0.1) is 0 Å². The molecule has 0 radical (unpaired) electrons.